The van der Waals surface area contributed by atoms with Crippen molar-refractivity contribution in [2.24, 2.45) is 5.73 Å². The van der Waals surface area contributed by atoms with Gasteiger partial charge in [-0.15, -0.1) is 0 Å². The molecule has 5 nitrogen and oxygen atoms in total. The van der Waals surface area contributed by atoms with Crippen molar-refractivity contribution in [1.82, 2.24) is 9.97 Å². The van der Waals surface area contributed by atoms with Crippen LogP contribution in [0.3, 0.4) is 0 Å². The number of aromatic amines is 1. The zero-order valence-electron chi connectivity index (χ0n) is 12.6. The molecule has 1 heterocycles. The molecule has 0 saturated heterocycles. The summed E-state index contributed by atoms with van der Waals surface area (Å²) in [7, 11) is 0. The van der Waals surface area contributed by atoms with Crippen LogP contribution in [-0.2, 0) is 5.54 Å². The largest absolute Gasteiger partial charge is 0.493 e. The topological polar surface area (TPSA) is 92.0 Å². The summed E-state index contributed by atoms with van der Waals surface area (Å²) in [6, 6.07) is 7.37. The van der Waals surface area contributed by atoms with Crippen molar-refractivity contribution >= 4 is 0 Å². The molecule has 112 valence electrons. The van der Waals surface area contributed by atoms with Crippen LogP contribution in [0.25, 0.3) is 11.1 Å². The predicted molar refractivity (Wildman–Crippen MR) is 83.1 cm³/mol. The molecule has 0 aliphatic carbocycles. The lowest BCUT2D eigenvalue weighted by Gasteiger charge is -2.25. The molecule has 4 N–H and O–H groups in total. The van der Waals surface area contributed by atoms with E-state index >= 15 is 0 Å². The summed E-state index contributed by atoms with van der Waals surface area (Å²) in [5.74, 6) is 0.0482. The van der Waals surface area contributed by atoms with E-state index in [2.05, 4.69) is 9.97 Å². The van der Waals surface area contributed by atoms with Crippen LogP contribution in [0.15, 0.2) is 29.1 Å². The Labute approximate surface area is 123 Å². The van der Waals surface area contributed by atoms with E-state index in [0.717, 1.165) is 5.56 Å². The van der Waals surface area contributed by atoms with E-state index in [0.29, 0.717) is 24.2 Å². The molecule has 0 saturated carbocycles. The first-order valence-electron chi connectivity index (χ1n) is 7.11. The van der Waals surface area contributed by atoms with Crippen molar-refractivity contribution in [1.29, 1.82) is 0 Å². The number of aromatic nitrogens is 2. The SMILES string of the molecule is CCC(N)(CC)c1nc(O)c(-c2ccccc2C)c(=O)[nH]1. The molecular weight excluding hydrogens is 266 g/mol. The lowest BCUT2D eigenvalue weighted by molar-refractivity contribution is 0.372. The maximum atomic E-state index is 12.4. The van der Waals surface area contributed by atoms with Crippen molar-refractivity contribution in [3.05, 3.63) is 46.0 Å². The van der Waals surface area contributed by atoms with Gasteiger partial charge in [0.05, 0.1) is 5.54 Å². The second kappa shape index (κ2) is 5.69. The Kier molecular flexibility index (Phi) is 4.14. The highest BCUT2D eigenvalue weighted by Crippen LogP contribution is 2.29. The van der Waals surface area contributed by atoms with E-state index in [9.17, 15) is 9.90 Å². The van der Waals surface area contributed by atoms with Crippen LogP contribution in [-0.4, -0.2) is 15.1 Å². The van der Waals surface area contributed by atoms with Gasteiger partial charge in [0.1, 0.15) is 11.4 Å². The van der Waals surface area contributed by atoms with E-state index in [1.165, 1.54) is 0 Å². The Hall–Kier alpha value is -2.14. The number of nitrogens with one attached hydrogen (secondary N) is 1. The molecule has 1 aromatic heterocycles. The fourth-order valence-corrected chi connectivity index (χ4v) is 2.38. The van der Waals surface area contributed by atoms with Crippen LogP contribution in [0.1, 0.15) is 38.1 Å². The normalized spacial score (nSPS) is 11.6. The first-order chi connectivity index (χ1) is 9.92. The van der Waals surface area contributed by atoms with Crippen LogP contribution < -0.4 is 11.3 Å². The first kappa shape index (κ1) is 15.3. The van der Waals surface area contributed by atoms with Crippen molar-refractivity contribution in [2.75, 3.05) is 0 Å². The van der Waals surface area contributed by atoms with E-state index in [1.54, 1.807) is 6.07 Å². The number of aromatic hydroxyl groups is 1. The van der Waals surface area contributed by atoms with Crippen LogP contribution in [0, 0.1) is 6.92 Å². The number of nitrogens with two attached hydrogens (primary N) is 1. The Morgan fingerprint density at radius 1 is 1.29 bits per heavy atom. The summed E-state index contributed by atoms with van der Waals surface area (Å²) >= 11 is 0. The highest BCUT2D eigenvalue weighted by molar-refractivity contribution is 5.70. The molecule has 0 radical (unpaired) electrons. The maximum absolute atomic E-state index is 12.4. The molecule has 0 spiro atoms. The summed E-state index contributed by atoms with van der Waals surface area (Å²) in [6.07, 6.45) is 1.24. The zero-order valence-corrected chi connectivity index (χ0v) is 12.6. The molecule has 0 bridgehead atoms. The minimum Gasteiger partial charge on any atom is -0.493 e. The maximum Gasteiger partial charge on any atom is 0.262 e. The quantitative estimate of drug-likeness (QED) is 0.805. The average Bonchev–Trinajstić information content (AvgIpc) is 2.47. The van der Waals surface area contributed by atoms with Gasteiger partial charge < -0.3 is 15.8 Å². The van der Waals surface area contributed by atoms with Crippen molar-refractivity contribution in [3.63, 3.8) is 0 Å². The molecule has 0 aliphatic heterocycles. The summed E-state index contributed by atoms with van der Waals surface area (Å²) in [4.78, 5) is 19.3. The Morgan fingerprint density at radius 2 is 1.90 bits per heavy atom. The van der Waals surface area contributed by atoms with Crippen LogP contribution in [0.4, 0.5) is 0 Å². The second-order valence-corrected chi connectivity index (χ2v) is 5.29. The smallest absolute Gasteiger partial charge is 0.262 e. The van der Waals surface area contributed by atoms with Gasteiger partial charge >= 0.3 is 0 Å². The molecule has 0 unspecified atom stereocenters. The van der Waals surface area contributed by atoms with E-state index in [-0.39, 0.29) is 17.0 Å². The fraction of sp³-hybridized carbons (Fsp3) is 0.375. The Balaban J connectivity index is 2.64. The molecule has 0 atom stereocenters. The standard InChI is InChI=1S/C16H21N3O2/c1-4-16(17,5-2)15-18-13(20)12(14(21)19-15)11-9-7-6-8-10(11)3/h6-9H,4-5,17H2,1-3H3,(H2,18,19,20,21). The highest BCUT2D eigenvalue weighted by atomic mass is 16.3. The molecule has 0 fully saturated rings. The summed E-state index contributed by atoms with van der Waals surface area (Å²) in [5, 5.41) is 10.2. The Bertz CT molecular complexity index is 703. The van der Waals surface area contributed by atoms with Gasteiger partial charge in [-0.2, -0.15) is 4.98 Å². The van der Waals surface area contributed by atoms with Gasteiger partial charge in [0.25, 0.3) is 5.56 Å². The number of hydrogen-bond donors (Lipinski definition) is 3. The molecular formula is C16H21N3O2. The van der Waals surface area contributed by atoms with Gasteiger partial charge in [-0.05, 0) is 30.9 Å². The summed E-state index contributed by atoms with van der Waals surface area (Å²) in [6.45, 7) is 5.74. The Morgan fingerprint density at radius 3 is 2.43 bits per heavy atom. The molecule has 21 heavy (non-hydrogen) atoms. The van der Waals surface area contributed by atoms with Crippen molar-refractivity contribution < 1.29 is 5.11 Å². The summed E-state index contributed by atoms with van der Waals surface area (Å²) in [5.41, 5.74) is 6.88. The molecule has 1 aromatic carbocycles. The van der Waals surface area contributed by atoms with Crippen molar-refractivity contribution in [2.45, 2.75) is 39.2 Å². The number of benzene rings is 1. The number of aryl methyl sites for hydroxylation is 1. The number of rotatable bonds is 4. The van der Waals surface area contributed by atoms with Crippen LogP contribution >= 0.6 is 0 Å². The number of nitrogens with zero attached hydrogens (tertiary/aromatic N) is 1. The van der Waals surface area contributed by atoms with Crippen LogP contribution in [0.2, 0.25) is 0 Å². The minimum absolute atomic E-state index is 0.186. The minimum atomic E-state index is -0.735. The van der Waals surface area contributed by atoms with Gasteiger partial charge in [0.2, 0.25) is 5.88 Å². The van der Waals surface area contributed by atoms with E-state index in [1.807, 2.05) is 39.0 Å². The number of hydrogen-bond acceptors (Lipinski definition) is 4. The van der Waals surface area contributed by atoms with Gasteiger partial charge in [-0.1, -0.05) is 38.1 Å². The third kappa shape index (κ3) is 2.69. The molecule has 2 rings (SSSR count). The second-order valence-electron chi connectivity index (χ2n) is 5.29. The molecule has 0 aliphatic rings. The number of H-pyrrole nitrogens is 1. The highest BCUT2D eigenvalue weighted by Gasteiger charge is 2.28. The van der Waals surface area contributed by atoms with E-state index < -0.39 is 5.54 Å². The van der Waals surface area contributed by atoms with E-state index in [4.69, 9.17) is 5.73 Å². The monoisotopic (exact) mass is 287 g/mol. The average molecular weight is 287 g/mol. The van der Waals surface area contributed by atoms with Gasteiger partial charge in [-0.25, -0.2) is 0 Å². The third-order valence-electron chi connectivity index (χ3n) is 4.05. The molecule has 0 amide bonds. The van der Waals surface area contributed by atoms with Gasteiger partial charge in [0, 0.05) is 0 Å². The lowest BCUT2D eigenvalue weighted by Crippen LogP contribution is -2.38. The lowest BCUT2D eigenvalue weighted by atomic mass is 9.93. The summed E-state index contributed by atoms with van der Waals surface area (Å²) < 4.78 is 0. The van der Waals surface area contributed by atoms with Gasteiger partial charge in [-0.3, -0.25) is 4.79 Å². The molecule has 2 aromatic rings. The fourth-order valence-electron chi connectivity index (χ4n) is 2.38. The zero-order chi connectivity index (χ0) is 15.6. The van der Waals surface area contributed by atoms with Crippen LogP contribution in [0.5, 0.6) is 5.88 Å². The third-order valence-corrected chi connectivity index (χ3v) is 4.05. The van der Waals surface area contributed by atoms with Gasteiger partial charge in [0.15, 0.2) is 0 Å². The van der Waals surface area contributed by atoms with Crippen molar-refractivity contribution in [3.8, 4) is 17.0 Å². The predicted octanol–water partition coefficient (Wildman–Crippen LogP) is 2.42. The first-order valence-corrected chi connectivity index (χ1v) is 7.11. The molecule has 5 heteroatoms.